The van der Waals surface area contributed by atoms with Crippen LogP contribution in [0.3, 0.4) is 0 Å². The molecule has 0 spiro atoms. The van der Waals surface area contributed by atoms with Gasteiger partial charge in [0.1, 0.15) is 5.52 Å². The Morgan fingerprint density at radius 1 is 1.50 bits per heavy atom. The van der Waals surface area contributed by atoms with Crippen molar-refractivity contribution < 1.29 is 13.9 Å². The van der Waals surface area contributed by atoms with Gasteiger partial charge in [0, 0.05) is 31.7 Å². The summed E-state index contributed by atoms with van der Waals surface area (Å²) >= 11 is 0. The van der Waals surface area contributed by atoms with Gasteiger partial charge in [-0.15, -0.1) is 0 Å². The maximum atomic E-state index is 12.0. The van der Waals surface area contributed by atoms with Gasteiger partial charge in [0.2, 0.25) is 0 Å². The molecule has 5 heteroatoms. The van der Waals surface area contributed by atoms with Crippen molar-refractivity contribution in [3.8, 4) is 0 Å². The predicted octanol–water partition coefficient (Wildman–Crippen LogP) is 2.47. The summed E-state index contributed by atoms with van der Waals surface area (Å²) in [6.07, 6.45) is 3.11. The molecule has 1 amide bonds. The van der Waals surface area contributed by atoms with Gasteiger partial charge >= 0.3 is 0 Å². The highest BCUT2D eigenvalue weighted by Crippen LogP contribution is 2.40. The predicted molar refractivity (Wildman–Crippen MR) is 74.8 cm³/mol. The van der Waals surface area contributed by atoms with E-state index in [2.05, 4.69) is 10.3 Å². The number of fused-ring (bicyclic) bond motifs is 1. The Hall–Kier alpha value is -1.88. The number of benzene rings is 1. The molecule has 20 heavy (non-hydrogen) atoms. The van der Waals surface area contributed by atoms with Crippen molar-refractivity contribution in [2.24, 2.45) is 0 Å². The molecule has 1 aromatic carbocycles. The van der Waals surface area contributed by atoms with Crippen LogP contribution >= 0.6 is 0 Å². The quantitative estimate of drug-likeness (QED) is 0.822. The van der Waals surface area contributed by atoms with Gasteiger partial charge in [-0.25, -0.2) is 4.98 Å². The van der Waals surface area contributed by atoms with Crippen LogP contribution in [0.25, 0.3) is 11.1 Å². The minimum Gasteiger partial charge on any atom is -0.440 e. The van der Waals surface area contributed by atoms with Crippen molar-refractivity contribution in [2.45, 2.75) is 25.2 Å². The number of ether oxygens (including phenoxy) is 1. The highest BCUT2D eigenvalue weighted by Gasteiger charge is 2.28. The second kappa shape index (κ2) is 5.63. The first-order chi connectivity index (χ1) is 9.78. The molecule has 3 rings (SSSR count). The van der Waals surface area contributed by atoms with E-state index in [4.69, 9.17) is 9.15 Å². The lowest BCUT2D eigenvalue weighted by atomic mass is 10.2. The topological polar surface area (TPSA) is 64.4 Å². The zero-order valence-corrected chi connectivity index (χ0v) is 11.5. The van der Waals surface area contributed by atoms with Crippen molar-refractivity contribution in [3.63, 3.8) is 0 Å². The first-order valence-corrected chi connectivity index (χ1v) is 6.95. The summed E-state index contributed by atoms with van der Waals surface area (Å²) in [5.41, 5.74) is 2.12. The Morgan fingerprint density at radius 2 is 2.35 bits per heavy atom. The number of aromatic nitrogens is 1. The SMILES string of the molecule is COCCCNC(=O)c1ccc2nc(C3CC3)oc2c1. The van der Waals surface area contributed by atoms with Crippen LogP contribution in [0, 0.1) is 0 Å². The maximum Gasteiger partial charge on any atom is 0.251 e. The van der Waals surface area contributed by atoms with Crippen LogP contribution in [0.15, 0.2) is 22.6 Å². The van der Waals surface area contributed by atoms with E-state index in [9.17, 15) is 4.79 Å². The fourth-order valence-electron chi connectivity index (χ4n) is 2.11. The molecule has 1 heterocycles. The lowest BCUT2D eigenvalue weighted by Gasteiger charge is -2.04. The minimum absolute atomic E-state index is 0.0904. The third-order valence-electron chi connectivity index (χ3n) is 3.40. The van der Waals surface area contributed by atoms with E-state index in [0.29, 0.717) is 30.2 Å². The van der Waals surface area contributed by atoms with Crippen LogP contribution in [0.4, 0.5) is 0 Å². The lowest BCUT2D eigenvalue weighted by molar-refractivity contribution is 0.0948. The number of nitrogens with one attached hydrogen (secondary N) is 1. The number of carbonyl (C=O) groups excluding carboxylic acids is 1. The number of carbonyl (C=O) groups is 1. The Bertz CT molecular complexity index is 617. The molecule has 1 aliphatic rings. The smallest absolute Gasteiger partial charge is 0.251 e. The minimum atomic E-state index is -0.0904. The molecule has 106 valence electrons. The second-order valence-corrected chi connectivity index (χ2v) is 5.11. The molecule has 0 unspecified atom stereocenters. The van der Waals surface area contributed by atoms with Crippen molar-refractivity contribution in [2.75, 3.05) is 20.3 Å². The van der Waals surface area contributed by atoms with E-state index in [-0.39, 0.29) is 5.91 Å². The average Bonchev–Trinajstić information content (AvgIpc) is 3.22. The van der Waals surface area contributed by atoms with E-state index in [0.717, 1.165) is 30.7 Å². The molecule has 5 nitrogen and oxygen atoms in total. The van der Waals surface area contributed by atoms with Gasteiger partial charge in [-0.2, -0.15) is 0 Å². The standard InChI is InChI=1S/C15H18N2O3/c1-19-8-2-7-16-14(18)11-5-6-12-13(9-11)20-15(17-12)10-3-4-10/h5-6,9-10H,2-4,7-8H2,1H3,(H,16,18). The maximum absolute atomic E-state index is 12.0. The molecule has 0 atom stereocenters. The van der Waals surface area contributed by atoms with Gasteiger partial charge < -0.3 is 14.5 Å². The summed E-state index contributed by atoms with van der Waals surface area (Å²) in [4.78, 5) is 16.4. The van der Waals surface area contributed by atoms with Gasteiger partial charge in [0.25, 0.3) is 5.91 Å². The normalized spacial score (nSPS) is 14.7. The fraction of sp³-hybridized carbons (Fsp3) is 0.467. The van der Waals surface area contributed by atoms with Gasteiger partial charge in [0.05, 0.1) is 0 Å². The van der Waals surface area contributed by atoms with Crippen LogP contribution in [-0.2, 0) is 4.74 Å². The molecule has 0 bridgehead atoms. The molecule has 1 saturated carbocycles. The highest BCUT2D eigenvalue weighted by atomic mass is 16.5. The molecular weight excluding hydrogens is 256 g/mol. The van der Waals surface area contributed by atoms with E-state index in [1.54, 1.807) is 19.2 Å². The Balaban J connectivity index is 1.69. The molecule has 1 aromatic heterocycles. The Labute approximate surface area is 117 Å². The van der Waals surface area contributed by atoms with Crippen LogP contribution in [0.5, 0.6) is 0 Å². The molecule has 0 saturated heterocycles. The summed E-state index contributed by atoms with van der Waals surface area (Å²) in [5, 5.41) is 2.86. The van der Waals surface area contributed by atoms with Gasteiger partial charge in [-0.3, -0.25) is 4.79 Å². The summed E-state index contributed by atoms with van der Waals surface area (Å²) < 4.78 is 10.7. The zero-order valence-electron chi connectivity index (χ0n) is 11.5. The Morgan fingerprint density at radius 3 is 3.10 bits per heavy atom. The number of rotatable bonds is 6. The van der Waals surface area contributed by atoms with Gasteiger partial charge in [-0.1, -0.05) is 0 Å². The fourth-order valence-corrected chi connectivity index (χ4v) is 2.11. The molecule has 1 aliphatic carbocycles. The van der Waals surface area contributed by atoms with E-state index in [1.807, 2.05) is 6.07 Å². The molecule has 0 aliphatic heterocycles. The molecule has 1 fully saturated rings. The third-order valence-corrected chi connectivity index (χ3v) is 3.40. The molecule has 0 radical (unpaired) electrons. The second-order valence-electron chi connectivity index (χ2n) is 5.11. The number of hydrogen-bond donors (Lipinski definition) is 1. The zero-order chi connectivity index (χ0) is 13.9. The van der Waals surface area contributed by atoms with Gasteiger partial charge in [-0.05, 0) is 37.5 Å². The Kier molecular flexibility index (Phi) is 3.69. The van der Waals surface area contributed by atoms with Gasteiger partial charge in [0.15, 0.2) is 11.5 Å². The summed E-state index contributed by atoms with van der Waals surface area (Å²) in [5.74, 6) is 1.19. The monoisotopic (exact) mass is 274 g/mol. The largest absolute Gasteiger partial charge is 0.440 e. The van der Waals surface area contributed by atoms with Crippen LogP contribution in [-0.4, -0.2) is 31.2 Å². The molecule has 1 N–H and O–H groups in total. The number of oxazole rings is 1. The van der Waals surface area contributed by atoms with E-state index in [1.165, 1.54) is 0 Å². The van der Waals surface area contributed by atoms with Crippen LogP contribution in [0.2, 0.25) is 0 Å². The summed E-state index contributed by atoms with van der Waals surface area (Å²) in [6, 6.07) is 5.39. The number of nitrogens with zero attached hydrogens (tertiary/aromatic N) is 1. The third kappa shape index (κ3) is 2.82. The number of amides is 1. The van der Waals surface area contributed by atoms with E-state index < -0.39 is 0 Å². The van der Waals surface area contributed by atoms with E-state index >= 15 is 0 Å². The number of methoxy groups -OCH3 is 1. The van der Waals surface area contributed by atoms with Crippen LogP contribution in [0.1, 0.15) is 41.4 Å². The molecular formula is C15H18N2O3. The average molecular weight is 274 g/mol. The molecule has 2 aromatic rings. The first kappa shape index (κ1) is 13.1. The summed E-state index contributed by atoms with van der Waals surface area (Å²) in [7, 11) is 1.65. The highest BCUT2D eigenvalue weighted by molar-refractivity contribution is 5.97. The van der Waals surface area contributed by atoms with Crippen LogP contribution < -0.4 is 5.32 Å². The van der Waals surface area contributed by atoms with Crippen molar-refractivity contribution in [1.82, 2.24) is 10.3 Å². The first-order valence-electron chi connectivity index (χ1n) is 6.95. The van der Waals surface area contributed by atoms with Crippen molar-refractivity contribution >= 4 is 17.0 Å². The lowest BCUT2D eigenvalue weighted by Crippen LogP contribution is -2.25. The summed E-state index contributed by atoms with van der Waals surface area (Å²) in [6.45, 7) is 1.25. The number of hydrogen-bond acceptors (Lipinski definition) is 4. The van der Waals surface area contributed by atoms with Crippen molar-refractivity contribution in [3.05, 3.63) is 29.7 Å². The van der Waals surface area contributed by atoms with Crippen molar-refractivity contribution in [1.29, 1.82) is 0 Å².